The van der Waals surface area contributed by atoms with E-state index in [0.29, 0.717) is 23.9 Å². The van der Waals surface area contributed by atoms with Crippen molar-refractivity contribution in [2.24, 2.45) is 11.7 Å². The predicted octanol–water partition coefficient (Wildman–Crippen LogP) is 1.50. The van der Waals surface area contributed by atoms with Gasteiger partial charge in [0.1, 0.15) is 0 Å². The molecule has 3 aliphatic rings. The third-order valence-electron chi connectivity index (χ3n) is 5.80. The fourth-order valence-electron chi connectivity index (χ4n) is 4.75. The standard InChI is InChI=1S/C16H22N2O2S/c17-11-16(18-10-12-5-6-13(18)9-12)7-8-21(19,20)15-4-2-1-3-14(15)16/h1-4,12-13H,5-11,17H2. The quantitative estimate of drug-likeness (QED) is 0.899. The van der Waals surface area contributed by atoms with Crippen LogP contribution in [0.2, 0.25) is 0 Å². The largest absolute Gasteiger partial charge is 0.328 e. The molecule has 1 aliphatic carbocycles. The summed E-state index contributed by atoms with van der Waals surface area (Å²) in [5.74, 6) is 0.999. The second-order valence-electron chi connectivity index (χ2n) is 6.79. The Morgan fingerprint density at radius 3 is 2.76 bits per heavy atom. The van der Waals surface area contributed by atoms with E-state index in [-0.39, 0.29) is 11.3 Å². The van der Waals surface area contributed by atoms with Gasteiger partial charge in [-0.25, -0.2) is 8.42 Å². The molecule has 3 unspecified atom stereocenters. The Labute approximate surface area is 126 Å². The Morgan fingerprint density at radius 2 is 2.10 bits per heavy atom. The SMILES string of the molecule is NCC1(N2CC3CCC2C3)CCS(=O)(=O)c2ccccc21. The zero-order valence-corrected chi connectivity index (χ0v) is 13.0. The summed E-state index contributed by atoms with van der Waals surface area (Å²) in [5, 5.41) is 0. The van der Waals surface area contributed by atoms with Gasteiger partial charge in [0.05, 0.1) is 16.2 Å². The number of nitrogens with two attached hydrogens (primary N) is 1. The predicted molar refractivity (Wildman–Crippen MR) is 81.7 cm³/mol. The van der Waals surface area contributed by atoms with Crippen molar-refractivity contribution in [1.29, 1.82) is 0 Å². The fourth-order valence-corrected chi connectivity index (χ4v) is 6.45. The van der Waals surface area contributed by atoms with Gasteiger partial charge in [0.2, 0.25) is 0 Å². The first-order chi connectivity index (χ1) is 10.1. The van der Waals surface area contributed by atoms with E-state index in [1.165, 1.54) is 19.3 Å². The van der Waals surface area contributed by atoms with E-state index in [2.05, 4.69) is 4.90 Å². The third-order valence-corrected chi connectivity index (χ3v) is 7.57. The van der Waals surface area contributed by atoms with Crippen LogP contribution in [0.4, 0.5) is 0 Å². The number of sulfone groups is 1. The number of hydrogen-bond donors (Lipinski definition) is 1. The van der Waals surface area contributed by atoms with Gasteiger partial charge in [-0.15, -0.1) is 0 Å². The third kappa shape index (κ3) is 1.84. The second kappa shape index (κ2) is 4.54. The summed E-state index contributed by atoms with van der Waals surface area (Å²) in [6, 6.07) is 8.08. The van der Waals surface area contributed by atoms with E-state index < -0.39 is 9.84 Å². The minimum Gasteiger partial charge on any atom is -0.328 e. The lowest BCUT2D eigenvalue weighted by Gasteiger charge is -2.48. The van der Waals surface area contributed by atoms with Gasteiger partial charge in [-0.1, -0.05) is 18.2 Å². The Balaban J connectivity index is 1.86. The molecule has 0 amide bonds. The molecule has 3 atom stereocenters. The molecule has 21 heavy (non-hydrogen) atoms. The van der Waals surface area contributed by atoms with E-state index in [9.17, 15) is 8.42 Å². The van der Waals surface area contributed by atoms with E-state index in [0.717, 1.165) is 18.0 Å². The van der Waals surface area contributed by atoms with Crippen molar-refractivity contribution in [3.63, 3.8) is 0 Å². The van der Waals surface area contributed by atoms with Gasteiger partial charge in [-0.3, -0.25) is 4.90 Å². The summed E-state index contributed by atoms with van der Waals surface area (Å²) >= 11 is 0. The smallest absolute Gasteiger partial charge is 0.178 e. The highest BCUT2D eigenvalue weighted by Crippen LogP contribution is 2.49. The molecule has 5 heteroatoms. The lowest BCUT2D eigenvalue weighted by Crippen LogP contribution is -2.57. The first-order valence-corrected chi connectivity index (χ1v) is 9.51. The molecule has 2 N–H and O–H groups in total. The molecule has 2 fully saturated rings. The topological polar surface area (TPSA) is 63.4 Å². The van der Waals surface area contributed by atoms with Crippen molar-refractivity contribution < 1.29 is 8.42 Å². The minimum absolute atomic E-state index is 0.217. The summed E-state index contributed by atoms with van der Waals surface area (Å²) in [6.45, 7) is 1.58. The average Bonchev–Trinajstić information content (AvgIpc) is 3.11. The minimum atomic E-state index is -3.15. The Hall–Kier alpha value is -0.910. The number of likely N-dealkylation sites (tertiary alicyclic amines) is 1. The Morgan fingerprint density at radius 1 is 1.29 bits per heavy atom. The zero-order valence-electron chi connectivity index (χ0n) is 12.2. The van der Waals surface area contributed by atoms with Crippen molar-refractivity contribution in [1.82, 2.24) is 4.90 Å². The van der Waals surface area contributed by atoms with Gasteiger partial charge in [0.25, 0.3) is 0 Å². The average molecular weight is 306 g/mol. The highest BCUT2D eigenvalue weighted by molar-refractivity contribution is 7.91. The van der Waals surface area contributed by atoms with Crippen molar-refractivity contribution in [3.8, 4) is 0 Å². The Bertz CT molecular complexity index is 673. The van der Waals surface area contributed by atoms with Crippen LogP contribution in [0.25, 0.3) is 0 Å². The van der Waals surface area contributed by atoms with Crippen LogP contribution in [0, 0.1) is 5.92 Å². The van der Waals surface area contributed by atoms with Crippen molar-refractivity contribution in [2.75, 3.05) is 18.8 Å². The zero-order chi connectivity index (χ0) is 14.7. The van der Waals surface area contributed by atoms with Gasteiger partial charge in [-0.2, -0.15) is 0 Å². The van der Waals surface area contributed by atoms with Crippen LogP contribution >= 0.6 is 0 Å². The molecule has 1 aromatic carbocycles. The maximum atomic E-state index is 12.4. The molecule has 0 radical (unpaired) electrons. The lowest BCUT2D eigenvalue weighted by molar-refractivity contribution is 0.0507. The highest BCUT2D eigenvalue weighted by Gasteiger charge is 2.52. The molecule has 4 rings (SSSR count). The van der Waals surface area contributed by atoms with Gasteiger partial charge >= 0.3 is 0 Å². The van der Waals surface area contributed by atoms with Crippen molar-refractivity contribution in [2.45, 2.75) is 42.2 Å². The molecular weight excluding hydrogens is 284 g/mol. The van der Waals surface area contributed by atoms with Crippen LogP contribution < -0.4 is 5.73 Å². The van der Waals surface area contributed by atoms with Gasteiger partial charge in [0.15, 0.2) is 9.84 Å². The van der Waals surface area contributed by atoms with Crippen LogP contribution in [0.15, 0.2) is 29.2 Å². The number of hydrogen-bond acceptors (Lipinski definition) is 4. The van der Waals surface area contributed by atoms with E-state index in [4.69, 9.17) is 5.73 Å². The molecule has 0 spiro atoms. The highest BCUT2D eigenvalue weighted by atomic mass is 32.2. The van der Waals surface area contributed by atoms with Gasteiger partial charge in [0, 0.05) is 19.1 Å². The van der Waals surface area contributed by atoms with Crippen LogP contribution in [0.1, 0.15) is 31.2 Å². The molecule has 2 heterocycles. The number of benzene rings is 1. The van der Waals surface area contributed by atoms with E-state index >= 15 is 0 Å². The molecule has 2 bridgehead atoms. The molecule has 1 aromatic rings. The summed E-state index contributed by atoms with van der Waals surface area (Å²) in [7, 11) is -3.15. The van der Waals surface area contributed by atoms with Crippen molar-refractivity contribution in [3.05, 3.63) is 29.8 Å². The van der Waals surface area contributed by atoms with Crippen LogP contribution in [-0.4, -0.2) is 38.2 Å². The monoisotopic (exact) mass is 306 g/mol. The van der Waals surface area contributed by atoms with Crippen molar-refractivity contribution >= 4 is 9.84 Å². The molecule has 0 aromatic heterocycles. The summed E-state index contributed by atoms with van der Waals surface area (Å²) in [4.78, 5) is 3.04. The maximum absolute atomic E-state index is 12.4. The fraction of sp³-hybridized carbons (Fsp3) is 0.625. The van der Waals surface area contributed by atoms with Crippen LogP contribution in [0.3, 0.4) is 0 Å². The first kappa shape index (κ1) is 13.7. The number of nitrogens with zero attached hydrogens (tertiary/aromatic N) is 1. The lowest BCUT2D eigenvalue weighted by atomic mass is 9.83. The normalized spacial score (nSPS) is 37.6. The number of rotatable bonds is 2. The number of piperidine rings is 1. The molecule has 2 aliphatic heterocycles. The molecule has 1 saturated heterocycles. The second-order valence-corrected chi connectivity index (χ2v) is 8.86. The number of fused-ring (bicyclic) bond motifs is 3. The maximum Gasteiger partial charge on any atom is 0.178 e. The van der Waals surface area contributed by atoms with Crippen LogP contribution in [-0.2, 0) is 15.4 Å². The van der Waals surface area contributed by atoms with Crippen LogP contribution in [0.5, 0.6) is 0 Å². The Kier molecular flexibility index (Phi) is 2.97. The van der Waals surface area contributed by atoms with E-state index in [1.54, 1.807) is 6.07 Å². The van der Waals surface area contributed by atoms with E-state index in [1.807, 2.05) is 18.2 Å². The van der Waals surface area contributed by atoms with Gasteiger partial charge < -0.3 is 5.73 Å². The molecule has 114 valence electrons. The molecule has 4 nitrogen and oxygen atoms in total. The molecular formula is C16H22N2O2S. The first-order valence-electron chi connectivity index (χ1n) is 7.86. The summed E-state index contributed by atoms with van der Waals surface area (Å²) < 4.78 is 24.8. The summed E-state index contributed by atoms with van der Waals surface area (Å²) in [6.07, 6.45) is 4.45. The molecule has 1 saturated carbocycles. The van der Waals surface area contributed by atoms with Gasteiger partial charge in [-0.05, 0) is 43.2 Å². The summed E-state index contributed by atoms with van der Waals surface area (Å²) in [5.41, 5.74) is 6.88.